The van der Waals surface area contributed by atoms with Gasteiger partial charge in [0.1, 0.15) is 28.9 Å². The lowest BCUT2D eigenvalue weighted by Gasteiger charge is -2.49. The van der Waals surface area contributed by atoms with Gasteiger partial charge in [0, 0.05) is 16.9 Å². The molecule has 1 fully saturated rings. The Morgan fingerprint density at radius 1 is 1.29 bits per heavy atom. The maximum Gasteiger partial charge on any atom is 0.355 e. The van der Waals surface area contributed by atoms with E-state index >= 15 is 0 Å². The Bertz CT molecular complexity index is 1650. The van der Waals surface area contributed by atoms with E-state index in [9.17, 15) is 29.1 Å². The maximum absolute atomic E-state index is 13.4. The molecule has 45 heavy (non-hydrogen) atoms. The monoisotopic (exact) mass is 678 g/mol. The number of aliphatic carboxylic acids is 2. The van der Waals surface area contributed by atoms with Gasteiger partial charge >= 0.3 is 11.9 Å². The molecule has 2 aromatic heterocycles. The van der Waals surface area contributed by atoms with Crippen molar-refractivity contribution >= 4 is 81.6 Å². The summed E-state index contributed by atoms with van der Waals surface area (Å²) in [5.74, 6) is -4.05. The van der Waals surface area contributed by atoms with Crippen molar-refractivity contribution in [2.24, 2.45) is 10.3 Å². The van der Waals surface area contributed by atoms with Gasteiger partial charge in [0.25, 0.3) is 11.8 Å². The second-order valence-electron chi connectivity index (χ2n) is 9.27. The Labute approximate surface area is 264 Å². The number of carbonyl (C=O) groups is 5. The van der Waals surface area contributed by atoms with Gasteiger partial charge in [-0.1, -0.05) is 28.1 Å². The number of hydrogen-bond acceptors (Lipinski definition) is 16. The van der Waals surface area contributed by atoms with E-state index in [-0.39, 0.29) is 45.0 Å². The highest BCUT2D eigenvalue weighted by atomic mass is 32.2. The average Bonchev–Trinajstić information content (AvgIpc) is 3.80. The smallest absolute Gasteiger partial charge is 0.355 e. The van der Waals surface area contributed by atoms with E-state index in [1.807, 2.05) is 6.08 Å². The molecular weight excluding hydrogens is 657 g/mol. The van der Waals surface area contributed by atoms with Crippen LogP contribution in [0.1, 0.15) is 18.5 Å². The number of hydrogen-bond donors (Lipinski definition) is 5. The van der Waals surface area contributed by atoms with Gasteiger partial charge in [-0.25, -0.2) is 19.3 Å². The molecule has 4 heterocycles. The van der Waals surface area contributed by atoms with Gasteiger partial charge in [0.2, 0.25) is 11.6 Å². The largest absolute Gasteiger partial charge is 0.477 e. The number of fused-ring (bicyclic) bond motifs is 1. The number of β-lactam (4-membered cyclic amide) rings is 1. The standard InChI is InChI=1S/C23H22N10O9S3/c34-9-24-22-25-13(8-44-22)14(29-42-11-3-1-2-4-11)17(35)26-15-18(36)33-16(21(39)40)10(6-43-19(15)33)7-45-23-27-30-31-32(23)5-12(28-41)20(37)38/h1,3,8-9,11,15,19,41H,2,4-7H2,(H,26,35)(H,37,38)(H,39,40)(H,24,25,34)/b28-12+,29-14-/t11?,15?,19-/m1/s1. The Hall–Kier alpha value is -4.83. The van der Waals surface area contributed by atoms with Crippen molar-refractivity contribution in [3.05, 3.63) is 34.5 Å². The zero-order valence-electron chi connectivity index (χ0n) is 22.7. The molecule has 2 unspecified atom stereocenters. The summed E-state index contributed by atoms with van der Waals surface area (Å²) >= 11 is 3.28. The Balaban J connectivity index is 1.29. The fraction of sp³-hybridized carbons (Fsp3) is 0.348. The topological polar surface area (TPSA) is 264 Å². The minimum absolute atomic E-state index is 0.0337. The van der Waals surface area contributed by atoms with E-state index in [1.165, 1.54) is 17.1 Å². The number of thioether (sulfide) groups is 2. The highest BCUT2D eigenvalue weighted by molar-refractivity contribution is 8.01. The third-order valence-corrected chi connectivity index (χ3v) is 9.63. The summed E-state index contributed by atoms with van der Waals surface area (Å²) in [7, 11) is 0. The average molecular weight is 679 g/mol. The molecule has 3 aliphatic rings. The minimum atomic E-state index is -1.48. The number of nitrogens with one attached hydrogen (secondary N) is 2. The maximum atomic E-state index is 13.4. The molecule has 19 nitrogen and oxygen atoms in total. The summed E-state index contributed by atoms with van der Waals surface area (Å²) in [6.45, 7) is -0.446. The molecule has 0 bridgehead atoms. The molecule has 0 aromatic carbocycles. The summed E-state index contributed by atoms with van der Waals surface area (Å²) in [5.41, 5.74) is -0.615. The highest BCUT2D eigenvalue weighted by Gasteiger charge is 2.54. The van der Waals surface area contributed by atoms with Gasteiger partial charge in [-0.05, 0) is 34.9 Å². The molecule has 22 heteroatoms. The van der Waals surface area contributed by atoms with Crippen molar-refractivity contribution in [2.75, 3.05) is 16.8 Å². The Morgan fingerprint density at radius 3 is 2.80 bits per heavy atom. The molecule has 0 radical (unpaired) electrons. The van der Waals surface area contributed by atoms with E-state index in [0.29, 0.717) is 18.4 Å². The first-order chi connectivity index (χ1) is 21.7. The van der Waals surface area contributed by atoms with E-state index in [1.54, 1.807) is 6.08 Å². The van der Waals surface area contributed by atoms with Crippen LogP contribution in [0.4, 0.5) is 5.13 Å². The number of carbonyl (C=O) groups excluding carboxylic acids is 3. The SMILES string of the molecule is O=CNc1nc(/C(=N/OC2C=CCC2)C(=O)NC2C(=O)N3C(C(=O)O)=C(CSc4nnnn4C/C(=N\O)C(=O)O)CS[C@H]23)cs1. The number of amides is 3. The molecule has 0 saturated carbocycles. The van der Waals surface area contributed by atoms with Gasteiger partial charge in [0.05, 0.1) is 6.54 Å². The van der Waals surface area contributed by atoms with Crippen molar-refractivity contribution in [2.45, 2.75) is 42.1 Å². The number of aromatic nitrogens is 5. The number of carboxylic acid groups (broad SMARTS) is 2. The van der Waals surface area contributed by atoms with Crippen LogP contribution >= 0.6 is 34.9 Å². The Morgan fingerprint density at radius 2 is 2.11 bits per heavy atom. The Kier molecular flexibility index (Phi) is 9.73. The van der Waals surface area contributed by atoms with E-state index in [4.69, 9.17) is 15.2 Å². The quantitative estimate of drug-likeness (QED) is 0.0323. The first kappa shape index (κ1) is 31.6. The number of thiazole rings is 1. The molecule has 5 N–H and O–H groups in total. The van der Waals surface area contributed by atoms with Gasteiger partial charge in [0.15, 0.2) is 16.6 Å². The van der Waals surface area contributed by atoms with Crippen LogP contribution in [0.15, 0.2) is 44.3 Å². The summed E-state index contributed by atoms with van der Waals surface area (Å²) in [6.07, 6.45) is 5.27. The third kappa shape index (κ3) is 6.81. The van der Waals surface area contributed by atoms with E-state index in [0.717, 1.165) is 39.1 Å². The molecule has 1 saturated heterocycles. The summed E-state index contributed by atoms with van der Waals surface area (Å²) in [4.78, 5) is 71.6. The van der Waals surface area contributed by atoms with Crippen LogP contribution in [0, 0.1) is 0 Å². The fourth-order valence-electron chi connectivity index (χ4n) is 4.36. The normalized spacial score (nSPS) is 21.3. The van der Waals surface area contributed by atoms with Crippen LogP contribution in [-0.4, -0.2) is 116 Å². The predicted molar refractivity (Wildman–Crippen MR) is 157 cm³/mol. The highest BCUT2D eigenvalue weighted by Crippen LogP contribution is 2.41. The first-order valence-electron chi connectivity index (χ1n) is 12.8. The molecule has 5 rings (SSSR count). The lowest BCUT2D eigenvalue weighted by Crippen LogP contribution is -2.71. The lowest BCUT2D eigenvalue weighted by molar-refractivity contribution is -0.150. The van der Waals surface area contributed by atoms with Crippen LogP contribution in [-0.2, 0) is 35.4 Å². The molecule has 3 atom stereocenters. The van der Waals surface area contributed by atoms with Crippen LogP contribution in [0.5, 0.6) is 0 Å². The van der Waals surface area contributed by atoms with Crippen molar-refractivity contribution in [3.8, 4) is 0 Å². The molecule has 1 aliphatic carbocycles. The number of carboxylic acids is 2. The van der Waals surface area contributed by atoms with E-state index < -0.39 is 47.4 Å². The third-order valence-electron chi connectivity index (χ3n) is 6.47. The zero-order chi connectivity index (χ0) is 32.1. The number of anilines is 1. The number of tetrazole rings is 1. The number of rotatable bonds is 14. The predicted octanol–water partition coefficient (Wildman–Crippen LogP) is -0.417. The van der Waals surface area contributed by atoms with Gasteiger partial charge in [-0.15, -0.1) is 28.2 Å². The number of nitrogens with zero attached hydrogens (tertiary/aromatic N) is 8. The van der Waals surface area contributed by atoms with Crippen LogP contribution in [0.3, 0.4) is 0 Å². The fourth-order valence-corrected chi connectivity index (χ4v) is 7.37. The van der Waals surface area contributed by atoms with Crippen molar-refractivity contribution in [3.63, 3.8) is 0 Å². The number of allylic oxidation sites excluding steroid dienone is 1. The lowest BCUT2D eigenvalue weighted by atomic mass is 10.0. The van der Waals surface area contributed by atoms with Crippen molar-refractivity contribution < 1.29 is 44.2 Å². The van der Waals surface area contributed by atoms with Gasteiger partial charge in [-0.2, -0.15) is 0 Å². The first-order valence-corrected chi connectivity index (χ1v) is 15.7. The molecule has 2 aliphatic heterocycles. The van der Waals surface area contributed by atoms with Gasteiger partial charge < -0.3 is 30.9 Å². The molecular formula is C23H22N10O9S3. The minimum Gasteiger partial charge on any atom is -0.477 e. The number of oxime groups is 2. The van der Waals surface area contributed by atoms with Crippen LogP contribution in [0.25, 0.3) is 0 Å². The van der Waals surface area contributed by atoms with Crippen LogP contribution in [0.2, 0.25) is 0 Å². The molecule has 3 amide bonds. The molecule has 0 spiro atoms. The van der Waals surface area contributed by atoms with Gasteiger partial charge in [-0.3, -0.25) is 19.3 Å². The van der Waals surface area contributed by atoms with Crippen molar-refractivity contribution in [1.82, 2.24) is 35.4 Å². The summed E-state index contributed by atoms with van der Waals surface area (Å²) in [5, 5.41) is 51.8. The summed E-state index contributed by atoms with van der Waals surface area (Å²) < 4.78 is 1.07. The van der Waals surface area contributed by atoms with Crippen LogP contribution < -0.4 is 10.6 Å². The second kappa shape index (κ2) is 13.9. The summed E-state index contributed by atoms with van der Waals surface area (Å²) in [6, 6.07) is -1.08. The molecule has 236 valence electrons. The van der Waals surface area contributed by atoms with Crippen molar-refractivity contribution in [1.29, 1.82) is 0 Å². The van der Waals surface area contributed by atoms with E-state index in [2.05, 4.69) is 41.5 Å². The zero-order valence-corrected chi connectivity index (χ0v) is 25.1. The second-order valence-corrected chi connectivity index (χ2v) is 12.2. The molecule has 2 aromatic rings.